The summed E-state index contributed by atoms with van der Waals surface area (Å²) in [5.41, 5.74) is 2.17. The van der Waals surface area contributed by atoms with E-state index in [-0.39, 0.29) is 12.6 Å². The fraction of sp³-hybridized carbons (Fsp3) is 0.312. The Morgan fingerprint density at radius 1 is 1.20 bits per heavy atom. The van der Waals surface area contributed by atoms with Gasteiger partial charge >= 0.3 is 0 Å². The fourth-order valence-corrected chi connectivity index (χ4v) is 2.42. The minimum absolute atomic E-state index is 0.165. The summed E-state index contributed by atoms with van der Waals surface area (Å²) in [6.45, 7) is 0.884. The molecule has 1 unspecified atom stereocenters. The molecule has 1 N–H and O–H groups in total. The third-order valence-electron chi connectivity index (χ3n) is 3.32. The molecule has 1 aromatic heterocycles. The van der Waals surface area contributed by atoms with Gasteiger partial charge in [0.05, 0.1) is 10.7 Å². The first-order chi connectivity index (χ1) is 9.70. The van der Waals surface area contributed by atoms with Crippen LogP contribution in [0.1, 0.15) is 23.7 Å². The van der Waals surface area contributed by atoms with E-state index in [1.807, 2.05) is 37.4 Å². The van der Waals surface area contributed by atoms with Gasteiger partial charge in [-0.25, -0.2) is 0 Å². The summed E-state index contributed by atoms with van der Waals surface area (Å²) < 4.78 is 0. The molecule has 0 saturated heterocycles. The summed E-state index contributed by atoms with van der Waals surface area (Å²) in [6, 6.07) is 14.2. The maximum Gasteiger partial charge on any atom is 0.0589 e. The zero-order valence-electron chi connectivity index (χ0n) is 11.5. The molecule has 0 amide bonds. The van der Waals surface area contributed by atoms with Gasteiger partial charge in [0.1, 0.15) is 0 Å². The molecule has 4 heteroatoms. The summed E-state index contributed by atoms with van der Waals surface area (Å²) in [4.78, 5) is 6.51. The van der Waals surface area contributed by atoms with Gasteiger partial charge in [0.15, 0.2) is 0 Å². The van der Waals surface area contributed by atoms with E-state index in [1.165, 1.54) is 5.56 Å². The smallest absolute Gasteiger partial charge is 0.0589 e. The van der Waals surface area contributed by atoms with Gasteiger partial charge in [-0.05, 0) is 31.2 Å². The molecule has 2 rings (SSSR count). The van der Waals surface area contributed by atoms with Crippen molar-refractivity contribution < 1.29 is 5.11 Å². The molecule has 0 aliphatic heterocycles. The van der Waals surface area contributed by atoms with Gasteiger partial charge < -0.3 is 5.11 Å². The maximum absolute atomic E-state index is 9.29. The van der Waals surface area contributed by atoms with Crippen LogP contribution < -0.4 is 0 Å². The number of rotatable bonds is 6. The van der Waals surface area contributed by atoms with E-state index in [0.29, 0.717) is 11.4 Å². The van der Waals surface area contributed by atoms with Crippen LogP contribution in [0.3, 0.4) is 0 Å². The molecule has 20 heavy (non-hydrogen) atoms. The van der Waals surface area contributed by atoms with Crippen molar-refractivity contribution in [2.24, 2.45) is 0 Å². The lowest BCUT2D eigenvalue weighted by Crippen LogP contribution is -2.25. The van der Waals surface area contributed by atoms with Gasteiger partial charge in [0.2, 0.25) is 0 Å². The monoisotopic (exact) mass is 290 g/mol. The number of halogens is 1. The lowest BCUT2D eigenvalue weighted by atomic mass is 10.0. The third-order valence-corrected chi connectivity index (χ3v) is 3.54. The molecular formula is C16H19ClN2O. The van der Waals surface area contributed by atoms with E-state index < -0.39 is 0 Å². The zero-order chi connectivity index (χ0) is 14.4. The molecule has 0 aliphatic rings. The van der Waals surface area contributed by atoms with Crippen LogP contribution in [0, 0.1) is 0 Å². The number of aromatic nitrogens is 1. The maximum atomic E-state index is 9.29. The highest BCUT2D eigenvalue weighted by molar-refractivity contribution is 6.30. The molecule has 0 bridgehead atoms. The van der Waals surface area contributed by atoms with E-state index in [4.69, 9.17) is 11.6 Å². The molecule has 2 aromatic rings. The summed E-state index contributed by atoms with van der Waals surface area (Å²) in [6.07, 6.45) is 2.36. The molecule has 0 saturated carbocycles. The second-order valence-electron chi connectivity index (χ2n) is 4.82. The van der Waals surface area contributed by atoms with Gasteiger partial charge in [0, 0.05) is 25.4 Å². The van der Waals surface area contributed by atoms with Crippen molar-refractivity contribution in [1.82, 2.24) is 9.88 Å². The Kier molecular flexibility index (Phi) is 5.53. The molecule has 106 valence electrons. The Balaban J connectivity index is 2.11. The molecule has 1 atom stereocenters. The Bertz CT molecular complexity index is 516. The Morgan fingerprint density at radius 3 is 2.55 bits per heavy atom. The largest absolute Gasteiger partial charge is 0.396 e. The Hall–Kier alpha value is -1.42. The van der Waals surface area contributed by atoms with E-state index in [0.717, 1.165) is 12.2 Å². The standard InChI is InChI=1S/C16H19ClN2O/c1-19(12-15-8-7-14(17)11-18-15)16(9-10-20)13-5-3-2-4-6-13/h2-8,11,16,20H,9-10,12H2,1H3. The van der Waals surface area contributed by atoms with Crippen molar-refractivity contribution in [2.45, 2.75) is 19.0 Å². The van der Waals surface area contributed by atoms with Gasteiger partial charge in [0.25, 0.3) is 0 Å². The topological polar surface area (TPSA) is 36.4 Å². The number of hydrogen-bond donors (Lipinski definition) is 1. The lowest BCUT2D eigenvalue weighted by molar-refractivity contribution is 0.178. The highest BCUT2D eigenvalue weighted by Crippen LogP contribution is 2.24. The fourth-order valence-electron chi connectivity index (χ4n) is 2.30. The van der Waals surface area contributed by atoms with Crippen molar-refractivity contribution >= 4 is 11.6 Å². The van der Waals surface area contributed by atoms with Crippen molar-refractivity contribution in [3.05, 3.63) is 64.9 Å². The molecule has 1 heterocycles. The summed E-state index contributed by atoms with van der Waals surface area (Å²) in [5.74, 6) is 0. The number of aliphatic hydroxyl groups is 1. The summed E-state index contributed by atoms with van der Waals surface area (Å²) in [7, 11) is 2.05. The SMILES string of the molecule is CN(Cc1ccc(Cl)cn1)C(CCO)c1ccccc1. The third kappa shape index (κ3) is 4.04. The molecule has 1 aromatic carbocycles. The normalized spacial score (nSPS) is 12.6. The number of nitrogens with zero attached hydrogens (tertiary/aromatic N) is 2. The van der Waals surface area contributed by atoms with Gasteiger partial charge in [-0.1, -0.05) is 41.9 Å². The van der Waals surface area contributed by atoms with Gasteiger partial charge in [-0.3, -0.25) is 9.88 Å². The van der Waals surface area contributed by atoms with Crippen LogP contribution in [-0.4, -0.2) is 28.6 Å². The first-order valence-electron chi connectivity index (χ1n) is 6.67. The highest BCUT2D eigenvalue weighted by atomic mass is 35.5. The molecule has 0 spiro atoms. The highest BCUT2D eigenvalue weighted by Gasteiger charge is 2.16. The number of aliphatic hydroxyl groups excluding tert-OH is 1. The van der Waals surface area contributed by atoms with Gasteiger partial charge in [-0.15, -0.1) is 0 Å². The Labute approximate surface area is 124 Å². The minimum Gasteiger partial charge on any atom is -0.396 e. The van der Waals surface area contributed by atoms with Crippen LogP contribution >= 0.6 is 11.6 Å². The molecule has 3 nitrogen and oxygen atoms in total. The van der Waals surface area contributed by atoms with Crippen molar-refractivity contribution in [1.29, 1.82) is 0 Å². The first-order valence-corrected chi connectivity index (χ1v) is 7.05. The van der Waals surface area contributed by atoms with E-state index in [1.54, 1.807) is 6.20 Å². The number of hydrogen-bond acceptors (Lipinski definition) is 3. The van der Waals surface area contributed by atoms with Crippen LogP contribution in [0.15, 0.2) is 48.7 Å². The Morgan fingerprint density at radius 2 is 1.95 bits per heavy atom. The average molecular weight is 291 g/mol. The van der Waals surface area contributed by atoms with Gasteiger partial charge in [-0.2, -0.15) is 0 Å². The van der Waals surface area contributed by atoms with Crippen LogP contribution in [0.5, 0.6) is 0 Å². The van der Waals surface area contributed by atoms with Crippen LogP contribution in [-0.2, 0) is 6.54 Å². The van der Waals surface area contributed by atoms with Crippen molar-refractivity contribution in [3.8, 4) is 0 Å². The second kappa shape index (κ2) is 7.39. The summed E-state index contributed by atoms with van der Waals surface area (Å²) in [5, 5.41) is 9.93. The van der Waals surface area contributed by atoms with Crippen molar-refractivity contribution in [3.63, 3.8) is 0 Å². The van der Waals surface area contributed by atoms with Crippen LogP contribution in [0.4, 0.5) is 0 Å². The summed E-state index contributed by atoms with van der Waals surface area (Å²) >= 11 is 5.85. The van der Waals surface area contributed by atoms with E-state index in [9.17, 15) is 5.11 Å². The first kappa shape index (κ1) is 15.0. The molecular weight excluding hydrogens is 272 g/mol. The lowest BCUT2D eigenvalue weighted by Gasteiger charge is -2.27. The van der Waals surface area contributed by atoms with E-state index in [2.05, 4.69) is 22.0 Å². The van der Waals surface area contributed by atoms with Crippen LogP contribution in [0.25, 0.3) is 0 Å². The molecule has 0 radical (unpaired) electrons. The number of pyridine rings is 1. The average Bonchev–Trinajstić information content (AvgIpc) is 2.48. The zero-order valence-corrected chi connectivity index (χ0v) is 12.3. The van der Waals surface area contributed by atoms with Crippen molar-refractivity contribution in [2.75, 3.05) is 13.7 Å². The van der Waals surface area contributed by atoms with E-state index >= 15 is 0 Å². The quantitative estimate of drug-likeness (QED) is 0.887. The molecule has 0 aliphatic carbocycles. The molecule has 0 fully saturated rings. The minimum atomic E-state index is 0.165. The predicted molar refractivity (Wildman–Crippen MR) is 81.6 cm³/mol. The van der Waals surface area contributed by atoms with Crippen LogP contribution in [0.2, 0.25) is 5.02 Å². The number of benzene rings is 1. The predicted octanol–water partition coefficient (Wildman–Crippen LogP) is 3.29. The second-order valence-corrected chi connectivity index (χ2v) is 5.26.